The normalized spacial score (nSPS) is 14.0. The summed E-state index contributed by atoms with van der Waals surface area (Å²) < 4.78 is 14.7. The van der Waals surface area contributed by atoms with Crippen molar-refractivity contribution in [1.29, 1.82) is 0 Å². The predicted molar refractivity (Wildman–Crippen MR) is 33.8 cm³/mol. The second-order valence-corrected chi connectivity index (χ2v) is 3.01. The van der Waals surface area contributed by atoms with Crippen molar-refractivity contribution in [3.63, 3.8) is 0 Å². The van der Waals surface area contributed by atoms with E-state index in [0.717, 1.165) is 5.33 Å². The Morgan fingerprint density at radius 2 is 2.43 bits per heavy atom. The van der Waals surface area contributed by atoms with Gasteiger partial charge in [-0.1, -0.05) is 15.9 Å². The van der Waals surface area contributed by atoms with E-state index >= 15 is 0 Å². The van der Waals surface area contributed by atoms with Gasteiger partial charge in [-0.2, -0.15) is 0 Å². The predicted octanol–water partition coefficient (Wildman–Crippen LogP) is 0.691. The van der Waals surface area contributed by atoms with Crippen LogP contribution in [-0.2, 0) is 15.3 Å². The largest absolute Gasteiger partial charge is 0.294 e. The summed E-state index contributed by atoms with van der Waals surface area (Å²) in [5, 5.41) is 0.730. The molecule has 0 saturated heterocycles. The molecule has 1 atom stereocenters. The van der Waals surface area contributed by atoms with Gasteiger partial charge in [0, 0.05) is 5.33 Å². The molecule has 0 N–H and O–H groups in total. The maximum atomic E-state index is 10.3. The Kier molecular flexibility index (Phi) is 5.14. The Labute approximate surface area is 54.0 Å². The van der Waals surface area contributed by atoms with E-state index in [1.54, 1.807) is 0 Å². The van der Waals surface area contributed by atoms with Crippen LogP contribution in [0, 0.1) is 0 Å². The maximum absolute atomic E-state index is 10.3. The number of halogens is 1. The second kappa shape index (κ2) is 4.74. The number of rotatable bonds is 3. The first kappa shape index (κ1) is 7.59. The molecule has 7 heavy (non-hydrogen) atoms. The minimum absolute atomic E-state index is 0.566. The smallest absolute Gasteiger partial charge is 0.156 e. The van der Waals surface area contributed by atoms with Gasteiger partial charge in [0.25, 0.3) is 0 Å². The lowest BCUT2D eigenvalue weighted by atomic mass is 11.0. The fourth-order valence-electron chi connectivity index (χ4n) is 0.146. The Hall–Kier alpha value is 0.590. The van der Waals surface area contributed by atoms with Crippen LogP contribution < -0.4 is 0 Å². The van der Waals surface area contributed by atoms with E-state index in [4.69, 9.17) is 0 Å². The number of alkyl halides is 1. The highest BCUT2D eigenvalue weighted by molar-refractivity contribution is 9.09. The van der Waals surface area contributed by atoms with Crippen LogP contribution in [0.5, 0.6) is 0 Å². The lowest BCUT2D eigenvalue weighted by Gasteiger charge is -1.89. The van der Waals surface area contributed by atoms with Gasteiger partial charge in [0.05, 0.1) is 12.9 Å². The minimum atomic E-state index is -1.07. The quantitative estimate of drug-likeness (QED) is 0.607. The second-order valence-electron chi connectivity index (χ2n) is 0.864. The van der Waals surface area contributed by atoms with Gasteiger partial charge < -0.3 is 0 Å². The molecule has 0 fully saturated rings. The molecule has 0 aromatic carbocycles. The average molecular weight is 187 g/mol. The van der Waals surface area contributed by atoms with Crippen molar-refractivity contribution in [3.05, 3.63) is 0 Å². The molecule has 0 aromatic heterocycles. The highest BCUT2D eigenvalue weighted by Gasteiger charge is 1.90. The summed E-state index contributed by atoms with van der Waals surface area (Å²) in [5.74, 6) is 0.566. The molecule has 0 saturated carbocycles. The Morgan fingerprint density at radius 1 is 1.86 bits per heavy atom. The summed E-state index contributed by atoms with van der Waals surface area (Å²) in [7, 11) is 1.43. The van der Waals surface area contributed by atoms with Crippen molar-refractivity contribution >= 4 is 27.0 Å². The van der Waals surface area contributed by atoms with Gasteiger partial charge >= 0.3 is 0 Å². The van der Waals surface area contributed by atoms with E-state index in [0.29, 0.717) is 5.75 Å². The zero-order valence-electron chi connectivity index (χ0n) is 4.02. The summed E-state index contributed by atoms with van der Waals surface area (Å²) in [4.78, 5) is 0. The van der Waals surface area contributed by atoms with Crippen LogP contribution in [-0.4, -0.2) is 22.4 Å². The van der Waals surface area contributed by atoms with E-state index in [9.17, 15) is 4.21 Å². The van der Waals surface area contributed by atoms with E-state index in [2.05, 4.69) is 20.1 Å². The maximum Gasteiger partial charge on any atom is 0.156 e. The van der Waals surface area contributed by atoms with Crippen molar-refractivity contribution in [3.8, 4) is 0 Å². The van der Waals surface area contributed by atoms with Crippen LogP contribution in [0.15, 0.2) is 0 Å². The van der Waals surface area contributed by atoms with Crippen molar-refractivity contribution < 1.29 is 8.39 Å². The van der Waals surface area contributed by atoms with Crippen molar-refractivity contribution in [2.24, 2.45) is 0 Å². The molecule has 44 valence electrons. The monoisotopic (exact) mass is 186 g/mol. The van der Waals surface area contributed by atoms with Crippen LogP contribution >= 0.6 is 15.9 Å². The average Bonchev–Trinajstić information content (AvgIpc) is 1.68. The molecule has 0 rings (SSSR count). The van der Waals surface area contributed by atoms with E-state index in [1.807, 2.05) is 0 Å². The highest BCUT2D eigenvalue weighted by Crippen LogP contribution is 1.85. The third kappa shape index (κ3) is 4.44. The zero-order chi connectivity index (χ0) is 5.70. The summed E-state index contributed by atoms with van der Waals surface area (Å²) >= 11 is 2.04. The fraction of sp³-hybridized carbons (Fsp3) is 1.00. The summed E-state index contributed by atoms with van der Waals surface area (Å²) in [6, 6.07) is 0. The standard InChI is InChI=1S/C3H7BrO2S/c1-6-7(5)3-2-4/h2-3H2,1H3. The highest BCUT2D eigenvalue weighted by atomic mass is 79.9. The van der Waals surface area contributed by atoms with E-state index in [-0.39, 0.29) is 0 Å². The van der Waals surface area contributed by atoms with Crippen molar-refractivity contribution in [1.82, 2.24) is 0 Å². The number of hydrogen-bond donors (Lipinski definition) is 0. The van der Waals surface area contributed by atoms with Gasteiger partial charge in [0.15, 0.2) is 11.1 Å². The fourth-order valence-corrected chi connectivity index (χ4v) is 1.23. The summed E-state index contributed by atoms with van der Waals surface area (Å²) in [5.41, 5.74) is 0. The van der Waals surface area contributed by atoms with Crippen LogP contribution in [0.1, 0.15) is 0 Å². The van der Waals surface area contributed by atoms with Crippen LogP contribution in [0.4, 0.5) is 0 Å². The first-order chi connectivity index (χ1) is 3.31. The van der Waals surface area contributed by atoms with Gasteiger partial charge in [0.2, 0.25) is 0 Å². The Bertz CT molecular complexity index is 66.0. The Morgan fingerprint density at radius 3 is 2.57 bits per heavy atom. The SMILES string of the molecule is COS(=O)CCBr. The van der Waals surface area contributed by atoms with Gasteiger partial charge in [0.1, 0.15) is 0 Å². The van der Waals surface area contributed by atoms with Crippen molar-refractivity contribution in [2.75, 3.05) is 18.2 Å². The van der Waals surface area contributed by atoms with Gasteiger partial charge in [-0.3, -0.25) is 4.18 Å². The molecule has 0 aromatic rings. The van der Waals surface area contributed by atoms with Crippen LogP contribution in [0.25, 0.3) is 0 Å². The van der Waals surface area contributed by atoms with Gasteiger partial charge in [-0.15, -0.1) is 0 Å². The van der Waals surface area contributed by atoms with Crippen LogP contribution in [0.3, 0.4) is 0 Å². The van der Waals surface area contributed by atoms with Gasteiger partial charge in [-0.25, -0.2) is 4.21 Å². The molecule has 0 aliphatic heterocycles. The first-order valence-electron chi connectivity index (χ1n) is 1.80. The lowest BCUT2D eigenvalue weighted by Crippen LogP contribution is -1.98. The van der Waals surface area contributed by atoms with Gasteiger partial charge in [-0.05, 0) is 0 Å². The molecule has 0 aliphatic rings. The van der Waals surface area contributed by atoms with Crippen molar-refractivity contribution in [2.45, 2.75) is 0 Å². The first-order valence-corrected chi connectivity index (χ1v) is 4.16. The molecule has 0 heterocycles. The van der Waals surface area contributed by atoms with E-state index in [1.165, 1.54) is 7.11 Å². The molecule has 0 radical (unpaired) electrons. The Balaban J connectivity index is 3.00. The molecule has 2 nitrogen and oxygen atoms in total. The molecule has 0 bridgehead atoms. The molecule has 0 amide bonds. The van der Waals surface area contributed by atoms with E-state index < -0.39 is 11.1 Å². The molecule has 0 aliphatic carbocycles. The summed E-state index contributed by atoms with van der Waals surface area (Å²) in [6.07, 6.45) is 0. The topological polar surface area (TPSA) is 26.3 Å². The molecule has 0 spiro atoms. The molecular weight excluding hydrogens is 180 g/mol. The van der Waals surface area contributed by atoms with Crippen LogP contribution in [0.2, 0.25) is 0 Å². The third-order valence-electron chi connectivity index (χ3n) is 0.430. The lowest BCUT2D eigenvalue weighted by molar-refractivity contribution is 0.447. The number of hydrogen-bond acceptors (Lipinski definition) is 2. The molecular formula is C3H7BrO2S. The molecule has 1 unspecified atom stereocenters. The third-order valence-corrected chi connectivity index (χ3v) is 2.26. The summed E-state index contributed by atoms with van der Waals surface area (Å²) in [6.45, 7) is 0. The minimum Gasteiger partial charge on any atom is -0.294 e. The zero-order valence-corrected chi connectivity index (χ0v) is 6.42. The molecule has 4 heteroatoms.